The number of halogens is 1. The van der Waals surface area contributed by atoms with Crippen LogP contribution >= 0.6 is 11.6 Å². The van der Waals surface area contributed by atoms with Gasteiger partial charge in [-0.25, -0.2) is 0 Å². The average molecular weight is 368 g/mol. The van der Waals surface area contributed by atoms with E-state index in [9.17, 15) is 9.90 Å². The maximum atomic E-state index is 12.3. The average Bonchev–Trinajstić information content (AvgIpc) is 3.01. The van der Waals surface area contributed by atoms with Gasteiger partial charge in [0.05, 0.1) is 17.3 Å². The third-order valence-corrected chi connectivity index (χ3v) is 6.06. The van der Waals surface area contributed by atoms with Crippen molar-refractivity contribution >= 4 is 28.4 Å². The molecule has 1 amide bonds. The fraction of sp³-hybridized carbons (Fsp3) is 0.300. The second-order valence-corrected chi connectivity index (χ2v) is 7.85. The lowest BCUT2D eigenvalue weighted by Crippen LogP contribution is -2.33. The summed E-state index contributed by atoms with van der Waals surface area (Å²) in [6, 6.07) is 13.0. The molecule has 0 radical (unpaired) electrons. The van der Waals surface area contributed by atoms with E-state index in [1.807, 2.05) is 42.5 Å². The number of H-pyrrole nitrogens is 1. The molecule has 3 N–H and O–H groups in total. The summed E-state index contributed by atoms with van der Waals surface area (Å²) >= 11 is 6.22. The summed E-state index contributed by atoms with van der Waals surface area (Å²) in [4.78, 5) is 12.3. The number of carbonyl (C=O) groups excluding carboxylic acids is 1. The van der Waals surface area contributed by atoms with Gasteiger partial charge in [-0.3, -0.25) is 9.89 Å². The molecule has 3 aromatic rings. The van der Waals surface area contributed by atoms with E-state index in [-0.39, 0.29) is 11.9 Å². The highest BCUT2D eigenvalue weighted by molar-refractivity contribution is 6.31. The maximum absolute atomic E-state index is 12.3. The zero-order valence-corrected chi connectivity index (χ0v) is 14.7. The standard InChI is InChI=1S/C20H18ClN3O2/c21-12-6-16(15-10-22-24-17(15)7-12)20(26)8-13-14(9-20)18(13)23-19(25)11-4-2-1-3-5-11/h1-7,10,13-14,18,26H,8-9H2,(H,22,24)(H,23,25)/t13-,14+,18?,20?. The molecular weight excluding hydrogens is 350 g/mol. The van der Waals surface area contributed by atoms with Crippen molar-refractivity contribution in [3.05, 3.63) is 64.8 Å². The second kappa shape index (κ2) is 5.56. The van der Waals surface area contributed by atoms with E-state index in [1.54, 1.807) is 6.20 Å². The van der Waals surface area contributed by atoms with Crippen molar-refractivity contribution in [3.8, 4) is 0 Å². The van der Waals surface area contributed by atoms with Crippen molar-refractivity contribution in [1.82, 2.24) is 15.5 Å². The number of carbonyl (C=O) groups is 1. The van der Waals surface area contributed by atoms with Crippen LogP contribution in [0.2, 0.25) is 5.02 Å². The first-order valence-corrected chi connectivity index (χ1v) is 9.14. The predicted octanol–water partition coefficient (Wildman–Crippen LogP) is 3.24. The number of fused-ring (bicyclic) bond motifs is 2. The number of hydrogen-bond acceptors (Lipinski definition) is 3. The van der Waals surface area contributed by atoms with Gasteiger partial charge in [-0.15, -0.1) is 0 Å². The van der Waals surface area contributed by atoms with Crippen molar-refractivity contribution < 1.29 is 9.90 Å². The van der Waals surface area contributed by atoms with Gasteiger partial charge in [0.1, 0.15) is 0 Å². The summed E-state index contributed by atoms with van der Waals surface area (Å²) in [6.45, 7) is 0. The van der Waals surface area contributed by atoms with Crippen LogP contribution in [-0.2, 0) is 5.60 Å². The predicted molar refractivity (Wildman–Crippen MR) is 98.9 cm³/mol. The van der Waals surface area contributed by atoms with Gasteiger partial charge in [0, 0.05) is 22.0 Å². The SMILES string of the molecule is O=C(NC1[C@H]2CC(O)(c3cc(Cl)cc4[nH]ncc34)C[C@@H]12)c1ccccc1. The molecule has 5 rings (SSSR count). The fourth-order valence-corrected chi connectivity index (χ4v) is 4.74. The Morgan fingerprint density at radius 1 is 1.23 bits per heavy atom. The minimum absolute atomic E-state index is 0.0477. The van der Waals surface area contributed by atoms with Gasteiger partial charge in [0.15, 0.2) is 0 Å². The monoisotopic (exact) mass is 367 g/mol. The van der Waals surface area contributed by atoms with Gasteiger partial charge < -0.3 is 10.4 Å². The first-order valence-electron chi connectivity index (χ1n) is 8.76. The van der Waals surface area contributed by atoms with Crippen LogP contribution in [0.1, 0.15) is 28.8 Å². The number of nitrogens with zero attached hydrogens (tertiary/aromatic N) is 1. The molecule has 5 nitrogen and oxygen atoms in total. The zero-order chi connectivity index (χ0) is 17.9. The lowest BCUT2D eigenvalue weighted by atomic mass is 9.86. The molecule has 4 atom stereocenters. The molecule has 2 aliphatic carbocycles. The van der Waals surface area contributed by atoms with E-state index in [2.05, 4.69) is 15.5 Å². The molecule has 2 aliphatic rings. The molecule has 6 heteroatoms. The molecule has 0 spiro atoms. The summed E-state index contributed by atoms with van der Waals surface area (Å²) in [7, 11) is 0. The van der Waals surface area contributed by atoms with Gasteiger partial charge in [-0.1, -0.05) is 29.8 Å². The lowest BCUT2D eigenvalue weighted by molar-refractivity contribution is 0.0293. The molecule has 2 fully saturated rings. The molecule has 1 heterocycles. The number of hydrogen-bond donors (Lipinski definition) is 3. The van der Waals surface area contributed by atoms with Crippen LogP contribution in [0.5, 0.6) is 0 Å². The lowest BCUT2D eigenvalue weighted by Gasteiger charge is -2.27. The number of amides is 1. The minimum Gasteiger partial charge on any atom is -0.385 e. The number of nitrogens with one attached hydrogen (secondary N) is 2. The van der Waals surface area contributed by atoms with Crippen molar-refractivity contribution in [2.45, 2.75) is 24.5 Å². The smallest absolute Gasteiger partial charge is 0.251 e. The number of benzene rings is 2. The molecule has 132 valence electrons. The third-order valence-electron chi connectivity index (χ3n) is 5.84. The van der Waals surface area contributed by atoms with E-state index in [4.69, 9.17) is 11.6 Å². The first-order chi connectivity index (χ1) is 12.5. The molecule has 2 unspecified atom stereocenters. The van der Waals surface area contributed by atoms with E-state index in [1.165, 1.54) is 0 Å². The Labute approximate surface area is 155 Å². The van der Waals surface area contributed by atoms with E-state index in [0.717, 1.165) is 16.5 Å². The molecular formula is C20H18ClN3O2. The number of aliphatic hydroxyl groups is 1. The highest BCUT2D eigenvalue weighted by atomic mass is 35.5. The first kappa shape index (κ1) is 15.9. The normalized spacial score (nSPS) is 29.5. The van der Waals surface area contributed by atoms with E-state index >= 15 is 0 Å². The van der Waals surface area contributed by atoms with Crippen LogP contribution in [0, 0.1) is 11.8 Å². The molecule has 26 heavy (non-hydrogen) atoms. The summed E-state index contributed by atoms with van der Waals surface area (Å²) in [5, 5.41) is 22.8. The van der Waals surface area contributed by atoms with Gasteiger partial charge in [-0.05, 0) is 54.5 Å². The Morgan fingerprint density at radius 3 is 2.69 bits per heavy atom. The Hall–Kier alpha value is -2.37. The number of aromatic amines is 1. The molecule has 1 aromatic heterocycles. The van der Waals surface area contributed by atoms with E-state index in [0.29, 0.717) is 35.3 Å². The molecule has 0 aliphatic heterocycles. The van der Waals surface area contributed by atoms with Crippen LogP contribution < -0.4 is 5.32 Å². The fourth-order valence-electron chi connectivity index (χ4n) is 4.52. The largest absolute Gasteiger partial charge is 0.385 e. The molecule has 0 saturated heterocycles. The number of rotatable bonds is 3. The van der Waals surface area contributed by atoms with Crippen LogP contribution in [0.15, 0.2) is 48.7 Å². The Morgan fingerprint density at radius 2 is 1.96 bits per heavy atom. The Kier molecular flexibility index (Phi) is 3.39. The van der Waals surface area contributed by atoms with Crippen molar-refractivity contribution in [1.29, 1.82) is 0 Å². The van der Waals surface area contributed by atoms with Gasteiger partial charge >= 0.3 is 0 Å². The van der Waals surface area contributed by atoms with Crippen LogP contribution in [-0.4, -0.2) is 27.3 Å². The van der Waals surface area contributed by atoms with Gasteiger partial charge in [0.2, 0.25) is 0 Å². The molecule has 2 saturated carbocycles. The van der Waals surface area contributed by atoms with Crippen LogP contribution in [0.4, 0.5) is 0 Å². The summed E-state index contributed by atoms with van der Waals surface area (Å²) in [5.74, 6) is 0.552. The maximum Gasteiger partial charge on any atom is 0.251 e. The van der Waals surface area contributed by atoms with Gasteiger partial charge in [-0.2, -0.15) is 5.10 Å². The summed E-state index contributed by atoms with van der Waals surface area (Å²) < 4.78 is 0. The number of aromatic nitrogens is 2. The minimum atomic E-state index is -0.920. The Bertz CT molecular complexity index is 989. The highest BCUT2D eigenvalue weighted by Crippen LogP contribution is 2.60. The summed E-state index contributed by atoms with van der Waals surface area (Å²) in [6.07, 6.45) is 2.98. The highest BCUT2D eigenvalue weighted by Gasteiger charge is 2.62. The van der Waals surface area contributed by atoms with Crippen molar-refractivity contribution in [3.63, 3.8) is 0 Å². The molecule has 2 aromatic carbocycles. The third kappa shape index (κ3) is 2.42. The Balaban J connectivity index is 1.34. The summed E-state index contributed by atoms with van der Waals surface area (Å²) in [5.41, 5.74) is 1.41. The van der Waals surface area contributed by atoms with Crippen LogP contribution in [0.25, 0.3) is 10.9 Å². The van der Waals surface area contributed by atoms with E-state index < -0.39 is 5.60 Å². The zero-order valence-electron chi connectivity index (χ0n) is 13.9. The topological polar surface area (TPSA) is 78.0 Å². The second-order valence-electron chi connectivity index (χ2n) is 7.42. The quantitative estimate of drug-likeness (QED) is 0.665. The molecule has 0 bridgehead atoms. The van der Waals surface area contributed by atoms with Gasteiger partial charge in [0.25, 0.3) is 5.91 Å². The van der Waals surface area contributed by atoms with Crippen molar-refractivity contribution in [2.75, 3.05) is 0 Å². The van der Waals surface area contributed by atoms with Crippen molar-refractivity contribution in [2.24, 2.45) is 11.8 Å². The van der Waals surface area contributed by atoms with Crippen LogP contribution in [0.3, 0.4) is 0 Å².